The molecule has 0 saturated heterocycles. The van der Waals surface area contributed by atoms with E-state index in [2.05, 4.69) is 20.8 Å². The standard InChI is InChI=1S/C15H24N4OS2/c1-10(13(20)16-9-11-5-3-2-4-6-11)21-15-19-18-14(22-15)17-12-7-8-12/h10-12H,2-9H2,1H3,(H,16,20)(H,17,18). The van der Waals surface area contributed by atoms with Crippen molar-refractivity contribution in [1.29, 1.82) is 0 Å². The molecule has 2 saturated carbocycles. The van der Waals surface area contributed by atoms with E-state index in [-0.39, 0.29) is 11.2 Å². The van der Waals surface area contributed by atoms with Crippen molar-refractivity contribution in [2.24, 2.45) is 5.92 Å². The van der Waals surface area contributed by atoms with Crippen molar-refractivity contribution in [3.05, 3.63) is 0 Å². The van der Waals surface area contributed by atoms with E-state index in [0.717, 1.165) is 16.0 Å². The maximum absolute atomic E-state index is 12.2. The molecule has 2 fully saturated rings. The van der Waals surface area contributed by atoms with Gasteiger partial charge in [0, 0.05) is 12.6 Å². The van der Waals surface area contributed by atoms with Crippen molar-refractivity contribution in [2.45, 2.75) is 67.5 Å². The summed E-state index contributed by atoms with van der Waals surface area (Å²) in [7, 11) is 0. The number of nitrogens with zero attached hydrogens (tertiary/aromatic N) is 2. The second-order valence-electron chi connectivity index (χ2n) is 6.30. The first-order chi connectivity index (χ1) is 10.7. The average Bonchev–Trinajstić information content (AvgIpc) is 3.24. The van der Waals surface area contributed by atoms with Crippen LogP contribution in [0.4, 0.5) is 5.13 Å². The fourth-order valence-electron chi connectivity index (χ4n) is 2.70. The van der Waals surface area contributed by atoms with Gasteiger partial charge < -0.3 is 10.6 Å². The molecule has 2 N–H and O–H groups in total. The van der Waals surface area contributed by atoms with Crippen molar-refractivity contribution in [1.82, 2.24) is 15.5 Å². The van der Waals surface area contributed by atoms with E-state index in [1.165, 1.54) is 56.7 Å². The first kappa shape index (κ1) is 16.1. The summed E-state index contributed by atoms with van der Waals surface area (Å²) in [4.78, 5) is 12.2. The summed E-state index contributed by atoms with van der Waals surface area (Å²) in [5.74, 6) is 0.785. The Labute approximate surface area is 140 Å². The van der Waals surface area contributed by atoms with Crippen LogP contribution in [-0.4, -0.2) is 33.9 Å². The van der Waals surface area contributed by atoms with Gasteiger partial charge >= 0.3 is 0 Å². The molecule has 0 aromatic carbocycles. The second kappa shape index (κ2) is 7.64. The molecular formula is C15H24N4OS2. The average molecular weight is 341 g/mol. The van der Waals surface area contributed by atoms with Gasteiger partial charge in [0.2, 0.25) is 11.0 Å². The molecule has 7 heteroatoms. The molecule has 3 rings (SSSR count). The number of hydrogen-bond donors (Lipinski definition) is 2. The Hall–Kier alpha value is -0.820. The number of carbonyl (C=O) groups excluding carboxylic acids is 1. The van der Waals surface area contributed by atoms with Crippen LogP contribution in [0.1, 0.15) is 51.9 Å². The zero-order valence-corrected chi connectivity index (χ0v) is 14.6. The van der Waals surface area contributed by atoms with Gasteiger partial charge in [0.05, 0.1) is 5.25 Å². The molecule has 2 aliphatic carbocycles. The maximum atomic E-state index is 12.2. The Morgan fingerprint density at radius 3 is 2.77 bits per heavy atom. The molecule has 0 spiro atoms. The van der Waals surface area contributed by atoms with Gasteiger partial charge in [0.15, 0.2) is 4.34 Å². The predicted molar refractivity (Wildman–Crippen MR) is 91.5 cm³/mol. The van der Waals surface area contributed by atoms with Gasteiger partial charge in [-0.1, -0.05) is 42.4 Å². The van der Waals surface area contributed by atoms with Crippen molar-refractivity contribution in [3.8, 4) is 0 Å². The summed E-state index contributed by atoms with van der Waals surface area (Å²) in [5.41, 5.74) is 0. The van der Waals surface area contributed by atoms with Crippen molar-refractivity contribution < 1.29 is 4.79 Å². The van der Waals surface area contributed by atoms with Gasteiger partial charge in [0.25, 0.3) is 0 Å². The Morgan fingerprint density at radius 2 is 2.05 bits per heavy atom. The van der Waals surface area contributed by atoms with Crippen LogP contribution in [0.3, 0.4) is 0 Å². The first-order valence-electron chi connectivity index (χ1n) is 8.25. The third-order valence-electron chi connectivity index (χ3n) is 4.25. The minimum absolute atomic E-state index is 0.113. The minimum Gasteiger partial charge on any atom is -0.357 e. The molecule has 122 valence electrons. The number of aromatic nitrogens is 2. The number of anilines is 1. The molecule has 2 aliphatic rings. The topological polar surface area (TPSA) is 66.9 Å². The van der Waals surface area contributed by atoms with Gasteiger partial charge in [-0.25, -0.2) is 0 Å². The number of amides is 1. The van der Waals surface area contributed by atoms with Gasteiger partial charge in [-0.15, -0.1) is 10.2 Å². The van der Waals surface area contributed by atoms with Crippen molar-refractivity contribution in [2.75, 3.05) is 11.9 Å². The van der Waals surface area contributed by atoms with Crippen LogP contribution in [0.15, 0.2) is 4.34 Å². The minimum atomic E-state index is -0.120. The lowest BCUT2D eigenvalue weighted by molar-refractivity contribution is -0.120. The molecular weight excluding hydrogens is 316 g/mol. The third-order valence-corrected chi connectivity index (χ3v) is 6.29. The van der Waals surface area contributed by atoms with Crippen LogP contribution < -0.4 is 10.6 Å². The largest absolute Gasteiger partial charge is 0.357 e. The fourth-order valence-corrected chi connectivity index (χ4v) is 4.70. The van der Waals surface area contributed by atoms with Gasteiger partial charge in [0.1, 0.15) is 0 Å². The van der Waals surface area contributed by atoms with E-state index in [0.29, 0.717) is 12.0 Å². The van der Waals surface area contributed by atoms with Gasteiger partial charge in [-0.05, 0) is 38.5 Å². The highest BCUT2D eigenvalue weighted by Crippen LogP contribution is 2.32. The summed E-state index contributed by atoms with van der Waals surface area (Å²) in [5, 5.41) is 15.5. The van der Waals surface area contributed by atoms with E-state index < -0.39 is 0 Å². The van der Waals surface area contributed by atoms with Crippen molar-refractivity contribution in [3.63, 3.8) is 0 Å². The third kappa shape index (κ3) is 4.84. The number of nitrogens with one attached hydrogen (secondary N) is 2. The number of hydrogen-bond acceptors (Lipinski definition) is 6. The fraction of sp³-hybridized carbons (Fsp3) is 0.800. The summed E-state index contributed by atoms with van der Waals surface area (Å²) in [6.07, 6.45) is 8.94. The Bertz CT molecular complexity index is 497. The van der Waals surface area contributed by atoms with E-state index in [1.54, 1.807) is 11.3 Å². The Kier molecular flexibility index (Phi) is 5.57. The molecule has 1 amide bonds. The number of rotatable bonds is 7. The van der Waals surface area contributed by atoms with Crippen LogP contribution in [-0.2, 0) is 4.79 Å². The molecule has 0 bridgehead atoms. The van der Waals surface area contributed by atoms with Crippen molar-refractivity contribution >= 4 is 34.1 Å². The zero-order valence-electron chi connectivity index (χ0n) is 13.0. The zero-order chi connectivity index (χ0) is 15.4. The van der Waals surface area contributed by atoms with E-state index in [9.17, 15) is 4.79 Å². The highest BCUT2D eigenvalue weighted by Gasteiger charge is 2.23. The number of carbonyl (C=O) groups is 1. The molecule has 1 aromatic rings. The molecule has 5 nitrogen and oxygen atoms in total. The van der Waals surface area contributed by atoms with Crippen LogP contribution in [0, 0.1) is 5.92 Å². The molecule has 0 aliphatic heterocycles. The maximum Gasteiger partial charge on any atom is 0.233 e. The lowest BCUT2D eigenvalue weighted by Crippen LogP contribution is -2.35. The van der Waals surface area contributed by atoms with E-state index in [1.807, 2.05) is 6.92 Å². The van der Waals surface area contributed by atoms with Crippen LogP contribution in [0.25, 0.3) is 0 Å². The SMILES string of the molecule is CC(Sc1nnc(NC2CC2)s1)C(=O)NCC1CCCCC1. The van der Waals surface area contributed by atoms with Crippen LogP contribution >= 0.6 is 23.1 Å². The summed E-state index contributed by atoms with van der Waals surface area (Å²) < 4.78 is 0.864. The van der Waals surface area contributed by atoms with Crippen LogP contribution in [0.2, 0.25) is 0 Å². The molecule has 0 radical (unpaired) electrons. The highest BCUT2D eigenvalue weighted by molar-refractivity contribution is 8.02. The molecule has 22 heavy (non-hydrogen) atoms. The lowest BCUT2D eigenvalue weighted by Gasteiger charge is -2.22. The van der Waals surface area contributed by atoms with E-state index >= 15 is 0 Å². The molecule has 1 heterocycles. The molecule has 1 unspecified atom stereocenters. The predicted octanol–water partition coefficient (Wildman–Crippen LogP) is 3.29. The van der Waals surface area contributed by atoms with Crippen LogP contribution in [0.5, 0.6) is 0 Å². The van der Waals surface area contributed by atoms with Gasteiger partial charge in [-0.2, -0.15) is 0 Å². The normalized spacial score (nSPS) is 20.6. The van der Waals surface area contributed by atoms with E-state index in [4.69, 9.17) is 0 Å². The smallest absolute Gasteiger partial charge is 0.233 e. The molecule has 1 atom stereocenters. The monoisotopic (exact) mass is 340 g/mol. The Balaban J connectivity index is 1.40. The second-order valence-corrected chi connectivity index (χ2v) is 8.87. The molecule has 1 aromatic heterocycles. The summed E-state index contributed by atoms with van der Waals surface area (Å²) in [6, 6.07) is 0.585. The Morgan fingerprint density at radius 1 is 1.27 bits per heavy atom. The first-order valence-corrected chi connectivity index (χ1v) is 9.95. The number of thioether (sulfide) groups is 1. The highest BCUT2D eigenvalue weighted by atomic mass is 32.2. The summed E-state index contributed by atoms with van der Waals surface area (Å²) >= 11 is 3.04. The van der Waals surface area contributed by atoms with Gasteiger partial charge in [-0.3, -0.25) is 4.79 Å². The lowest BCUT2D eigenvalue weighted by atomic mass is 9.89. The quantitative estimate of drug-likeness (QED) is 0.746. The summed E-state index contributed by atoms with van der Waals surface area (Å²) in [6.45, 7) is 2.77.